The number of rotatable bonds is 4. The maximum Gasteiger partial charge on any atom is 0.275 e. The smallest absolute Gasteiger partial charge is 0.275 e. The number of thiophene rings is 1. The van der Waals surface area contributed by atoms with E-state index in [1.165, 1.54) is 50.5 Å². The highest BCUT2D eigenvalue weighted by Crippen LogP contribution is 2.34. The molecule has 0 saturated carbocycles. The summed E-state index contributed by atoms with van der Waals surface area (Å²) in [7, 11) is 1.77. The summed E-state index contributed by atoms with van der Waals surface area (Å²) in [5.41, 5.74) is 1.73. The van der Waals surface area contributed by atoms with Crippen LogP contribution in [0.5, 0.6) is 0 Å². The lowest BCUT2D eigenvalue weighted by molar-refractivity contribution is 0.695. The Balaban J connectivity index is 1.49. The molecule has 0 N–H and O–H groups in total. The highest BCUT2D eigenvalue weighted by Gasteiger charge is 2.21. The number of nitrogens with zero attached hydrogens (tertiary/aromatic N) is 5. The Morgan fingerprint density at radius 2 is 2.00 bits per heavy atom. The van der Waals surface area contributed by atoms with E-state index in [4.69, 9.17) is 4.98 Å². The normalized spacial score (nSPS) is 14.0. The van der Waals surface area contributed by atoms with Crippen LogP contribution in [-0.4, -0.2) is 24.1 Å². The third-order valence-corrected chi connectivity index (χ3v) is 8.45. The summed E-state index contributed by atoms with van der Waals surface area (Å²) < 4.78 is 2.98. The van der Waals surface area contributed by atoms with Gasteiger partial charge in [0.05, 0.1) is 11.1 Å². The minimum absolute atomic E-state index is 0.0235. The van der Waals surface area contributed by atoms with Gasteiger partial charge in [0.2, 0.25) is 4.96 Å². The van der Waals surface area contributed by atoms with E-state index in [1.54, 1.807) is 23.0 Å². The van der Waals surface area contributed by atoms with Crippen molar-refractivity contribution in [3.05, 3.63) is 47.9 Å². The minimum Gasteiger partial charge on any atom is -0.290 e. The first-order valence-electron chi connectivity index (χ1n) is 9.58. The number of hydrogen-bond acceptors (Lipinski definition) is 8. The Hall–Kier alpha value is -2.04. The largest absolute Gasteiger partial charge is 0.290 e. The summed E-state index contributed by atoms with van der Waals surface area (Å²) in [4.78, 5) is 37.4. The van der Waals surface area contributed by atoms with Crippen LogP contribution >= 0.6 is 34.4 Å². The van der Waals surface area contributed by atoms with Crippen LogP contribution in [0.15, 0.2) is 20.8 Å². The number of aromatic nitrogens is 5. The first-order valence-corrected chi connectivity index (χ1v) is 12.2. The Morgan fingerprint density at radius 1 is 1.17 bits per heavy atom. The number of hydrogen-bond donors (Lipinski definition) is 0. The molecule has 0 atom stereocenters. The lowest BCUT2D eigenvalue weighted by Crippen LogP contribution is -2.20. The van der Waals surface area contributed by atoms with Crippen LogP contribution in [0.4, 0.5) is 0 Å². The molecule has 7 nitrogen and oxygen atoms in total. The first-order chi connectivity index (χ1) is 14.0. The van der Waals surface area contributed by atoms with E-state index in [2.05, 4.69) is 10.1 Å². The van der Waals surface area contributed by atoms with Gasteiger partial charge in [0.25, 0.3) is 11.1 Å². The minimum atomic E-state index is -0.176. The molecule has 0 spiro atoms. The van der Waals surface area contributed by atoms with Crippen LogP contribution in [0.25, 0.3) is 15.2 Å². The third kappa shape index (κ3) is 3.23. The number of aryl methyl sites for hydroxylation is 3. The van der Waals surface area contributed by atoms with Crippen molar-refractivity contribution in [1.29, 1.82) is 0 Å². The summed E-state index contributed by atoms with van der Waals surface area (Å²) in [6.45, 7) is 2.00. The van der Waals surface area contributed by atoms with Gasteiger partial charge in [-0.05, 0) is 37.7 Å². The van der Waals surface area contributed by atoms with Crippen LogP contribution in [0.1, 0.15) is 40.9 Å². The summed E-state index contributed by atoms with van der Waals surface area (Å²) >= 11 is 4.52. The second-order valence-electron chi connectivity index (χ2n) is 7.07. The highest BCUT2D eigenvalue weighted by molar-refractivity contribution is 7.98. The van der Waals surface area contributed by atoms with Gasteiger partial charge >= 0.3 is 0 Å². The molecule has 4 aromatic heterocycles. The second kappa shape index (κ2) is 7.33. The Bertz CT molecular complexity index is 1360. The van der Waals surface area contributed by atoms with Crippen LogP contribution in [0, 0.1) is 0 Å². The average Bonchev–Trinajstić information content (AvgIpc) is 3.30. The molecule has 0 aliphatic heterocycles. The summed E-state index contributed by atoms with van der Waals surface area (Å²) in [6, 6.07) is 1.51. The molecule has 0 aromatic carbocycles. The Kier molecular flexibility index (Phi) is 4.79. The highest BCUT2D eigenvalue weighted by atomic mass is 32.2. The second-order valence-corrected chi connectivity index (χ2v) is 10.1. The SMILES string of the molecule is CCc1nn2c(=O)cc(CSc3nc4sc5c(c4c(=O)n3C)CCCC5)nc2s1. The quantitative estimate of drug-likeness (QED) is 0.354. The third-order valence-electron chi connectivity index (χ3n) is 5.15. The molecule has 1 aliphatic carbocycles. The van der Waals surface area contributed by atoms with Crippen molar-refractivity contribution in [2.45, 2.75) is 49.9 Å². The van der Waals surface area contributed by atoms with Crippen LogP contribution in [0.3, 0.4) is 0 Å². The van der Waals surface area contributed by atoms with Crippen molar-refractivity contribution in [3.63, 3.8) is 0 Å². The van der Waals surface area contributed by atoms with Gasteiger partial charge in [-0.3, -0.25) is 14.2 Å². The van der Waals surface area contributed by atoms with E-state index in [9.17, 15) is 9.59 Å². The maximum absolute atomic E-state index is 13.0. The summed E-state index contributed by atoms with van der Waals surface area (Å²) in [6.07, 6.45) is 5.11. The van der Waals surface area contributed by atoms with Crippen LogP contribution in [0.2, 0.25) is 0 Å². The number of fused-ring (bicyclic) bond motifs is 4. The molecule has 150 valence electrons. The molecular formula is C19H19N5O2S3. The topological polar surface area (TPSA) is 82.2 Å². The van der Waals surface area contributed by atoms with Crippen molar-refractivity contribution < 1.29 is 0 Å². The molecule has 5 rings (SSSR count). The van der Waals surface area contributed by atoms with E-state index >= 15 is 0 Å². The first kappa shape index (κ1) is 19.0. The van der Waals surface area contributed by atoms with Gasteiger partial charge in [-0.15, -0.1) is 11.3 Å². The molecule has 0 fully saturated rings. The zero-order valence-electron chi connectivity index (χ0n) is 16.1. The van der Waals surface area contributed by atoms with E-state index in [1.807, 2.05) is 6.92 Å². The number of thioether (sulfide) groups is 1. The van der Waals surface area contributed by atoms with Gasteiger partial charge in [-0.2, -0.15) is 9.61 Å². The van der Waals surface area contributed by atoms with Crippen molar-refractivity contribution in [3.8, 4) is 0 Å². The van der Waals surface area contributed by atoms with E-state index < -0.39 is 0 Å². The molecule has 0 saturated heterocycles. The van der Waals surface area contributed by atoms with Crippen molar-refractivity contribution in [1.82, 2.24) is 24.1 Å². The molecular weight excluding hydrogens is 426 g/mol. The van der Waals surface area contributed by atoms with Crippen molar-refractivity contribution in [2.24, 2.45) is 7.05 Å². The summed E-state index contributed by atoms with van der Waals surface area (Å²) in [5.74, 6) is 0.474. The predicted molar refractivity (Wildman–Crippen MR) is 118 cm³/mol. The average molecular weight is 446 g/mol. The standard InChI is InChI=1S/C19H19N5O2S3/c1-3-13-22-24-14(25)8-10(20-19(24)29-13)9-27-18-21-16-15(17(26)23(18)2)11-6-4-5-7-12(11)28-16/h8H,3-7,9H2,1-2H3. The van der Waals surface area contributed by atoms with Gasteiger partial charge < -0.3 is 0 Å². The zero-order chi connectivity index (χ0) is 20.1. The zero-order valence-corrected chi connectivity index (χ0v) is 18.5. The van der Waals surface area contributed by atoms with Gasteiger partial charge in [0.15, 0.2) is 5.16 Å². The Labute approximate surface area is 178 Å². The molecule has 29 heavy (non-hydrogen) atoms. The fourth-order valence-corrected chi connectivity index (χ4v) is 6.67. The van der Waals surface area contributed by atoms with Gasteiger partial charge in [-0.1, -0.05) is 30.0 Å². The van der Waals surface area contributed by atoms with Crippen LogP contribution < -0.4 is 11.1 Å². The fraction of sp³-hybridized carbons (Fsp3) is 0.421. The molecule has 0 amide bonds. The monoisotopic (exact) mass is 445 g/mol. The Morgan fingerprint density at radius 3 is 2.83 bits per heavy atom. The molecule has 1 aliphatic rings. The lowest BCUT2D eigenvalue weighted by atomic mass is 9.97. The van der Waals surface area contributed by atoms with Gasteiger partial charge in [0, 0.05) is 23.7 Å². The molecule has 10 heteroatoms. The molecule has 0 radical (unpaired) electrons. The van der Waals surface area contributed by atoms with Crippen molar-refractivity contribution in [2.75, 3.05) is 0 Å². The van der Waals surface area contributed by atoms with E-state index in [0.717, 1.165) is 40.9 Å². The molecule has 0 bridgehead atoms. The van der Waals surface area contributed by atoms with Gasteiger partial charge in [-0.25, -0.2) is 9.97 Å². The summed E-state index contributed by atoms with van der Waals surface area (Å²) in [5, 5.41) is 6.62. The molecule has 0 unspecified atom stereocenters. The fourth-order valence-electron chi connectivity index (χ4n) is 3.65. The van der Waals surface area contributed by atoms with Crippen LogP contribution in [-0.2, 0) is 32.1 Å². The van der Waals surface area contributed by atoms with E-state index in [-0.39, 0.29) is 11.1 Å². The molecule has 4 heterocycles. The van der Waals surface area contributed by atoms with E-state index in [0.29, 0.717) is 21.6 Å². The predicted octanol–water partition coefficient (Wildman–Crippen LogP) is 3.19. The van der Waals surface area contributed by atoms with Gasteiger partial charge in [0.1, 0.15) is 9.84 Å². The lowest BCUT2D eigenvalue weighted by Gasteiger charge is -2.10. The maximum atomic E-state index is 13.0. The molecule has 4 aromatic rings. The van der Waals surface area contributed by atoms with Crippen molar-refractivity contribution >= 4 is 49.6 Å².